The van der Waals surface area contributed by atoms with Crippen molar-refractivity contribution in [2.75, 3.05) is 0 Å². The molecule has 5 heteroatoms. The second kappa shape index (κ2) is 3.42. The molecular formula is C9H7BrN2O2. The Balaban J connectivity index is 2.77. The van der Waals surface area contributed by atoms with Crippen molar-refractivity contribution >= 4 is 27.7 Å². The highest BCUT2D eigenvalue weighted by molar-refractivity contribution is 9.10. The van der Waals surface area contributed by atoms with E-state index in [9.17, 15) is 9.90 Å². The largest absolute Gasteiger partial charge is 0.506 e. The van der Waals surface area contributed by atoms with Gasteiger partial charge in [-0.1, -0.05) is 0 Å². The summed E-state index contributed by atoms with van der Waals surface area (Å²) in [5.74, 6) is 0.752. The van der Waals surface area contributed by atoms with Gasteiger partial charge in [0.2, 0.25) is 0 Å². The minimum absolute atomic E-state index is 0.143. The van der Waals surface area contributed by atoms with E-state index in [1.54, 1.807) is 22.7 Å². The predicted molar refractivity (Wildman–Crippen MR) is 54.3 cm³/mol. The summed E-state index contributed by atoms with van der Waals surface area (Å²) in [6.45, 7) is 0. The summed E-state index contributed by atoms with van der Waals surface area (Å²) >= 11 is 3.23. The Morgan fingerprint density at radius 2 is 2.43 bits per heavy atom. The van der Waals surface area contributed by atoms with Gasteiger partial charge in [-0.25, -0.2) is 4.98 Å². The van der Waals surface area contributed by atoms with Gasteiger partial charge in [0.15, 0.2) is 0 Å². The third-order valence-corrected chi connectivity index (χ3v) is 2.49. The number of fused-ring (bicyclic) bond motifs is 1. The fraction of sp³-hybridized carbons (Fsp3) is 0.111. The number of imidazole rings is 1. The number of carbonyl (C=O) groups is 1. The molecule has 0 amide bonds. The molecular weight excluding hydrogens is 248 g/mol. The highest BCUT2D eigenvalue weighted by Gasteiger charge is 2.11. The molecule has 0 atom stereocenters. The molecule has 4 nitrogen and oxygen atoms in total. The van der Waals surface area contributed by atoms with E-state index in [4.69, 9.17) is 0 Å². The molecule has 0 aliphatic carbocycles. The number of aldehydes is 1. The number of hydrogen-bond acceptors (Lipinski definition) is 3. The number of aromatic hydroxyl groups is 1. The summed E-state index contributed by atoms with van der Waals surface area (Å²) in [4.78, 5) is 14.5. The van der Waals surface area contributed by atoms with Crippen LogP contribution in [0.5, 0.6) is 5.75 Å². The zero-order valence-corrected chi connectivity index (χ0v) is 8.73. The zero-order chi connectivity index (χ0) is 10.1. The Hall–Kier alpha value is -1.36. The number of pyridine rings is 1. The van der Waals surface area contributed by atoms with Crippen molar-refractivity contribution < 1.29 is 9.90 Å². The quantitative estimate of drug-likeness (QED) is 0.828. The minimum atomic E-state index is 0.143. The molecule has 72 valence electrons. The number of hydrogen-bond donors (Lipinski definition) is 1. The van der Waals surface area contributed by atoms with Gasteiger partial charge in [0.1, 0.15) is 28.0 Å². The van der Waals surface area contributed by atoms with Crippen LogP contribution in [0.1, 0.15) is 5.82 Å². The fourth-order valence-electron chi connectivity index (χ4n) is 1.36. The smallest absolute Gasteiger partial charge is 0.142 e. The lowest BCUT2D eigenvalue weighted by Crippen LogP contribution is -1.94. The Bertz CT molecular complexity index is 493. The molecule has 0 bridgehead atoms. The van der Waals surface area contributed by atoms with E-state index in [0.29, 0.717) is 15.9 Å². The first-order valence-corrected chi connectivity index (χ1v) is 4.81. The molecule has 0 aliphatic rings. The van der Waals surface area contributed by atoms with E-state index in [-0.39, 0.29) is 12.2 Å². The number of nitrogens with zero attached hydrogens (tertiary/aromatic N) is 2. The van der Waals surface area contributed by atoms with Gasteiger partial charge in [-0.3, -0.25) is 4.40 Å². The molecule has 0 radical (unpaired) electrons. The molecule has 0 saturated carbocycles. The van der Waals surface area contributed by atoms with E-state index in [1.165, 1.54) is 0 Å². The van der Waals surface area contributed by atoms with Crippen molar-refractivity contribution in [2.24, 2.45) is 0 Å². The molecule has 0 aromatic carbocycles. The van der Waals surface area contributed by atoms with Crippen molar-refractivity contribution in [3.05, 3.63) is 28.8 Å². The lowest BCUT2D eigenvalue weighted by Gasteiger charge is -1.98. The Morgan fingerprint density at radius 1 is 1.64 bits per heavy atom. The molecule has 2 rings (SSSR count). The predicted octanol–water partition coefficient (Wildman–Crippen LogP) is 1.54. The first-order chi connectivity index (χ1) is 6.74. The van der Waals surface area contributed by atoms with E-state index in [2.05, 4.69) is 20.9 Å². The molecule has 2 aromatic rings. The molecule has 0 spiro atoms. The van der Waals surface area contributed by atoms with Gasteiger partial charge in [0.05, 0.1) is 6.42 Å². The highest BCUT2D eigenvalue weighted by Crippen LogP contribution is 2.26. The third kappa shape index (κ3) is 1.29. The van der Waals surface area contributed by atoms with Crippen molar-refractivity contribution in [1.29, 1.82) is 0 Å². The maximum atomic E-state index is 10.4. The summed E-state index contributed by atoms with van der Waals surface area (Å²) < 4.78 is 2.24. The summed E-state index contributed by atoms with van der Waals surface area (Å²) in [6, 6.07) is 3.28. The maximum Gasteiger partial charge on any atom is 0.142 e. The third-order valence-electron chi connectivity index (χ3n) is 1.94. The SMILES string of the molecule is O=CCc1nc(Br)c2c(O)cccn12. The molecule has 14 heavy (non-hydrogen) atoms. The van der Waals surface area contributed by atoms with E-state index < -0.39 is 0 Å². The summed E-state index contributed by atoms with van der Waals surface area (Å²) in [5, 5.41) is 9.55. The van der Waals surface area contributed by atoms with Crippen LogP contribution in [0.25, 0.3) is 5.52 Å². The van der Waals surface area contributed by atoms with Crippen molar-refractivity contribution in [2.45, 2.75) is 6.42 Å². The molecule has 0 fully saturated rings. The summed E-state index contributed by atoms with van der Waals surface area (Å²) in [5.41, 5.74) is 0.587. The van der Waals surface area contributed by atoms with Crippen molar-refractivity contribution in [1.82, 2.24) is 9.38 Å². The zero-order valence-electron chi connectivity index (χ0n) is 7.14. The number of halogens is 1. The van der Waals surface area contributed by atoms with Crippen LogP contribution in [0.15, 0.2) is 22.9 Å². The first-order valence-electron chi connectivity index (χ1n) is 4.02. The average Bonchev–Trinajstić information content (AvgIpc) is 2.46. The van der Waals surface area contributed by atoms with Crippen LogP contribution in [0, 0.1) is 0 Å². The average molecular weight is 255 g/mol. The summed E-state index contributed by atoms with van der Waals surface area (Å²) in [7, 11) is 0. The summed E-state index contributed by atoms with van der Waals surface area (Å²) in [6.07, 6.45) is 2.77. The van der Waals surface area contributed by atoms with Gasteiger partial charge < -0.3 is 9.90 Å². The van der Waals surface area contributed by atoms with Crippen LogP contribution < -0.4 is 0 Å². The van der Waals surface area contributed by atoms with Crippen LogP contribution in [0.2, 0.25) is 0 Å². The topological polar surface area (TPSA) is 54.6 Å². The molecule has 2 heterocycles. The lowest BCUT2D eigenvalue weighted by molar-refractivity contribution is -0.107. The van der Waals surface area contributed by atoms with Gasteiger partial charge in [-0.15, -0.1) is 0 Å². The van der Waals surface area contributed by atoms with Gasteiger partial charge in [0, 0.05) is 6.20 Å². The monoisotopic (exact) mass is 254 g/mol. The van der Waals surface area contributed by atoms with E-state index >= 15 is 0 Å². The highest BCUT2D eigenvalue weighted by atomic mass is 79.9. The number of aromatic nitrogens is 2. The molecule has 0 unspecified atom stereocenters. The van der Waals surface area contributed by atoms with Crippen LogP contribution in [-0.2, 0) is 11.2 Å². The Morgan fingerprint density at radius 3 is 3.14 bits per heavy atom. The second-order valence-electron chi connectivity index (χ2n) is 2.80. The lowest BCUT2D eigenvalue weighted by atomic mass is 10.4. The van der Waals surface area contributed by atoms with Crippen LogP contribution in [0.4, 0.5) is 0 Å². The number of rotatable bonds is 2. The molecule has 2 aromatic heterocycles. The molecule has 1 N–H and O–H groups in total. The van der Waals surface area contributed by atoms with Gasteiger partial charge in [0.25, 0.3) is 0 Å². The van der Waals surface area contributed by atoms with Gasteiger partial charge in [-0.05, 0) is 28.1 Å². The van der Waals surface area contributed by atoms with E-state index in [0.717, 1.165) is 6.29 Å². The van der Waals surface area contributed by atoms with Crippen LogP contribution in [-0.4, -0.2) is 20.8 Å². The van der Waals surface area contributed by atoms with Gasteiger partial charge >= 0.3 is 0 Å². The maximum absolute atomic E-state index is 10.4. The first kappa shape index (κ1) is 9.21. The number of carbonyl (C=O) groups excluding carboxylic acids is 1. The van der Waals surface area contributed by atoms with E-state index in [1.807, 2.05) is 0 Å². The molecule has 0 saturated heterocycles. The normalized spacial score (nSPS) is 10.6. The molecule has 0 aliphatic heterocycles. The van der Waals surface area contributed by atoms with Crippen molar-refractivity contribution in [3.8, 4) is 5.75 Å². The van der Waals surface area contributed by atoms with Crippen LogP contribution >= 0.6 is 15.9 Å². The van der Waals surface area contributed by atoms with Crippen molar-refractivity contribution in [3.63, 3.8) is 0 Å². The van der Waals surface area contributed by atoms with Gasteiger partial charge in [-0.2, -0.15) is 0 Å². The van der Waals surface area contributed by atoms with Crippen LogP contribution in [0.3, 0.4) is 0 Å². The standard InChI is InChI=1S/C9H7BrN2O2/c10-9-8-6(14)2-1-4-12(8)7(11-9)3-5-13/h1-2,4-5,14H,3H2. The Labute approximate surface area is 88.3 Å². The minimum Gasteiger partial charge on any atom is -0.506 e. The fourth-order valence-corrected chi connectivity index (χ4v) is 1.95. The second-order valence-corrected chi connectivity index (χ2v) is 3.55. The Kier molecular flexibility index (Phi) is 2.25.